The zero-order valence-corrected chi connectivity index (χ0v) is 12.8. The van der Waals surface area contributed by atoms with Crippen LogP contribution in [0.15, 0.2) is 16.7 Å². The molecule has 3 nitrogen and oxygen atoms in total. The fourth-order valence-electron chi connectivity index (χ4n) is 3.29. The summed E-state index contributed by atoms with van der Waals surface area (Å²) in [6.45, 7) is 8.79. The minimum atomic E-state index is 0.362. The summed E-state index contributed by atoms with van der Waals surface area (Å²) in [5, 5.41) is 0. The Hall–Kier alpha value is -0.800. The van der Waals surface area contributed by atoms with Crippen molar-refractivity contribution in [2.45, 2.75) is 52.6 Å². The van der Waals surface area contributed by atoms with Crippen LogP contribution < -0.4 is 5.73 Å². The maximum atomic E-state index is 6.31. The highest BCUT2D eigenvalue weighted by molar-refractivity contribution is 5.15. The van der Waals surface area contributed by atoms with Crippen LogP contribution in [0.3, 0.4) is 0 Å². The lowest BCUT2D eigenvalue weighted by molar-refractivity contribution is 0.122. The van der Waals surface area contributed by atoms with Crippen LogP contribution in [-0.2, 0) is 6.54 Å². The van der Waals surface area contributed by atoms with Gasteiger partial charge in [-0.3, -0.25) is 0 Å². The highest BCUT2D eigenvalue weighted by atomic mass is 16.3. The van der Waals surface area contributed by atoms with E-state index in [1.807, 2.05) is 6.92 Å². The molecule has 0 saturated heterocycles. The zero-order chi connectivity index (χ0) is 14.0. The molecule has 1 saturated carbocycles. The minimum Gasteiger partial charge on any atom is -0.469 e. The highest BCUT2D eigenvalue weighted by Gasteiger charge is 2.33. The fraction of sp³-hybridized carbons (Fsp3) is 0.750. The normalized spacial score (nSPS) is 26.8. The van der Waals surface area contributed by atoms with Crippen LogP contribution >= 0.6 is 0 Å². The second kappa shape index (κ2) is 5.68. The van der Waals surface area contributed by atoms with Crippen molar-refractivity contribution >= 4 is 0 Å². The lowest BCUT2D eigenvalue weighted by Gasteiger charge is -2.40. The van der Waals surface area contributed by atoms with Gasteiger partial charge in [0.25, 0.3) is 0 Å². The Bertz CT molecular complexity index is 411. The SMILES string of the molecule is Cc1occc1CN(C)CC1CC(C)(C)CCC1N. The van der Waals surface area contributed by atoms with Crippen LogP contribution in [-0.4, -0.2) is 24.5 Å². The predicted molar refractivity (Wildman–Crippen MR) is 78.9 cm³/mol. The molecule has 1 fully saturated rings. The van der Waals surface area contributed by atoms with Crippen LogP contribution in [0, 0.1) is 18.3 Å². The lowest BCUT2D eigenvalue weighted by Crippen LogP contribution is -2.44. The molecule has 0 aromatic carbocycles. The number of nitrogens with zero attached hydrogens (tertiary/aromatic N) is 1. The fourth-order valence-corrected chi connectivity index (χ4v) is 3.29. The first-order chi connectivity index (χ1) is 8.87. The first-order valence-corrected chi connectivity index (χ1v) is 7.34. The Balaban J connectivity index is 1.90. The van der Waals surface area contributed by atoms with Crippen LogP contribution in [0.5, 0.6) is 0 Å². The Morgan fingerprint density at radius 2 is 2.21 bits per heavy atom. The molecule has 0 aliphatic heterocycles. The topological polar surface area (TPSA) is 42.4 Å². The third kappa shape index (κ3) is 3.83. The molecule has 108 valence electrons. The molecule has 3 heteroatoms. The molecule has 1 aromatic rings. The number of hydrogen-bond acceptors (Lipinski definition) is 3. The number of nitrogens with two attached hydrogens (primary N) is 1. The van der Waals surface area contributed by atoms with Crippen molar-refractivity contribution in [2.75, 3.05) is 13.6 Å². The molecule has 1 aromatic heterocycles. The molecule has 1 heterocycles. The van der Waals surface area contributed by atoms with Gasteiger partial charge < -0.3 is 15.1 Å². The zero-order valence-electron chi connectivity index (χ0n) is 12.8. The molecular weight excluding hydrogens is 236 g/mol. The summed E-state index contributed by atoms with van der Waals surface area (Å²) in [6, 6.07) is 2.43. The number of rotatable bonds is 4. The second-order valence-electron chi connectivity index (χ2n) is 7.03. The van der Waals surface area contributed by atoms with Gasteiger partial charge in [0.2, 0.25) is 0 Å². The second-order valence-corrected chi connectivity index (χ2v) is 7.03. The van der Waals surface area contributed by atoms with E-state index in [9.17, 15) is 0 Å². The largest absolute Gasteiger partial charge is 0.469 e. The van der Waals surface area contributed by atoms with E-state index < -0.39 is 0 Å². The molecule has 0 radical (unpaired) electrons. The van der Waals surface area contributed by atoms with E-state index >= 15 is 0 Å². The first kappa shape index (κ1) is 14.6. The Labute approximate surface area is 117 Å². The Morgan fingerprint density at radius 1 is 1.47 bits per heavy atom. The highest BCUT2D eigenvalue weighted by Crippen LogP contribution is 2.38. The van der Waals surface area contributed by atoms with Crippen molar-refractivity contribution in [3.8, 4) is 0 Å². The molecule has 0 spiro atoms. The van der Waals surface area contributed by atoms with E-state index in [4.69, 9.17) is 10.2 Å². The van der Waals surface area contributed by atoms with Crippen LogP contribution in [0.25, 0.3) is 0 Å². The summed E-state index contributed by atoms with van der Waals surface area (Å²) < 4.78 is 5.36. The van der Waals surface area contributed by atoms with Crippen LogP contribution in [0.4, 0.5) is 0 Å². The molecule has 2 unspecified atom stereocenters. The van der Waals surface area contributed by atoms with Gasteiger partial charge in [0.05, 0.1) is 6.26 Å². The molecule has 19 heavy (non-hydrogen) atoms. The summed E-state index contributed by atoms with van der Waals surface area (Å²) >= 11 is 0. The number of hydrogen-bond donors (Lipinski definition) is 1. The van der Waals surface area contributed by atoms with E-state index in [2.05, 4.69) is 31.9 Å². The van der Waals surface area contributed by atoms with Crippen molar-refractivity contribution in [3.05, 3.63) is 23.7 Å². The number of furan rings is 1. The lowest BCUT2D eigenvalue weighted by atomic mass is 9.70. The maximum absolute atomic E-state index is 6.31. The number of aryl methyl sites for hydroxylation is 1. The van der Waals surface area contributed by atoms with Crippen molar-refractivity contribution < 1.29 is 4.42 Å². The Morgan fingerprint density at radius 3 is 2.84 bits per heavy atom. The van der Waals surface area contributed by atoms with Crippen LogP contribution in [0.1, 0.15) is 44.4 Å². The van der Waals surface area contributed by atoms with E-state index in [0.29, 0.717) is 17.4 Å². The average molecular weight is 264 g/mol. The van der Waals surface area contributed by atoms with E-state index in [1.165, 1.54) is 18.4 Å². The standard InChI is InChI=1S/C16H28N2O/c1-12-13(6-8-19-12)10-18(4)11-14-9-16(2,3)7-5-15(14)17/h6,8,14-15H,5,7,9-11,17H2,1-4H3. The van der Waals surface area contributed by atoms with Gasteiger partial charge in [-0.05, 0) is 50.6 Å². The molecule has 2 rings (SSSR count). The van der Waals surface area contributed by atoms with Gasteiger partial charge in [-0.25, -0.2) is 0 Å². The van der Waals surface area contributed by atoms with Gasteiger partial charge in [0, 0.05) is 24.7 Å². The van der Waals surface area contributed by atoms with E-state index in [-0.39, 0.29) is 0 Å². The summed E-state index contributed by atoms with van der Waals surface area (Å²) in [5.41, 5.74) is 8.04. The quantitative estimate of drug-likeness (QED) is 0.908. The third-order valence-electron chi connectivity index (χ3n) is 4.53. The smallest absolute Gasteiger partial charge is 0.105 e. The van der Waals surface area contributed by atoms with E-state index in [1.54, 1.807) is 6.26 Å². The molecule has 0 bridgehead atoms. The summed E-state index contributed by atoms with van der Waals surface area (Å²) in [5.74, 6) is 1.64. The van der Waals surface area contributed by atoms with Crippen molar-refractivity contribution in [1.29, 1.82) is 0 Å². The van der Waals surface area contributed by atoms with Gasteiger partial charge >= 0.3 is 0 Å². The van der Waals surface area contributed by atoms with Gasteiger partial charge in [-0.1, -0.05) is 13.8 Å². The predicted octanol–water partition coefficient (Wildman–Crippen LogP) is 3.17. The summed E-state index contributed by atoms with van der Waals surface area (Å²) in [6.07, 6.45) is 5.43. The monoisotopic (exact) mass is 264 g/mol. The molecular formula is C16H28N2O. The van der Waals surface area contributed by atoms with Gasteiger partial charge in [-0.2, -0.15) is 0 Å². The first-order valence-electron chi connectivity index (χ1n) is 7.34. The summed E-state index contributed by atoms with van der Waals surface area (Å²) in [7, 11) is 2.18. The van der Waals surface area contributed by atoms with Gasteiger partial charge in [-0.15, -0.1) is 0 Å². The van der Waals surface area contributed by atoms with Gasteiger partial charge in [0.1, 0.15) is 5.76 Å². The third-order valence-corrected chi connectivity index (χ3v) is 4.53. The molecule has 1 aliphatic carbocycles. The van der Waals surface area contributed by atoms with Crippen molar-refractivity contribution in [2.24, 2.45) is 17.1 Å². The van der Waals surface area contributed by atoms with Crippen molar-refractivity contribution in [1.82, 2.24) is 4.90 Å². The minimum absolute atomic E-state index is 0.362. The van der Waals surface area contributed by atoms with Crippen LogP contribution in [0.2, 0.25) is 0 Å². The molecule has 0 amide bonds. The van der Waals surface area contributed by atoms with Gasteiger partial charge in [0.15, 0.2) is 0 Å². The maximum Gasteiger partial charge on any atom is 0.105 e. The van der Waals surface area contributed by atoms with Crippen molar-refractivity contribution in [3.63, 3.8) is 0 Å². The molecule has 2 N–H and O–H groups in total. The molecule has 2 atom stereocenters. The Kier molecular flexibility index (Phi) is 4.36. The van der Waals surface area contributed by atoms with E-state index in [0.717, 1.165) is 25.3 Å². The summed E-state index contributed by atoms with van der Waals surface area (Å²) in [4.78, 5) is 2.38. The average Bonchev–Trinajstić information content (AvgIpc) is 2.69. The molecule has 1 aliphatic rings.